The number of carbonyl (C=O) groups is 1. The minimum atomic E-state index is 0.133. The van der Waals surface area contributed by atoms with Crippen LogP contribution in [0.4, 0.5) is 0 Å². The molecule has 3 nitrogen and oxygen atoms in total. The molecule has 20 heavy (non-hydrogen) atoms. The maximum atomic E-state index is 12.5. The van der Waals surface area contributed by atoms with Gasteiger partial charge in [0.1, 0.15) is 0 Å². The molecule has 0 heterocycles. The molecule has 0 atom stereocenters. The quantitative estimate of drug-likeness (QED) is 0.848. The molecule has 0 radical (unpaired) electrons. The lowest BCUT2D eigenvalue weighted by Gasteiger charge is -2.28. The molecule has 0 aliphatic heterocycles. The van der Waals surface area contributed by atoms with E-state index in [1.165, 1.54) is 18.4 Å². The van der Waals surface area contributed by atoms with Crippen molar-refractivity contribution in [1.29, 1.82) is 0 Å². The first kappa shape index (κ1) is 15.0. The van der Waals surface area contributed by atoms with Crippen LogP contribution in [0.1, 0.15) is 36.8 Å². The van der Waals surface area contributed by atoms with Gasteiger partial charge in [-0.3, -0.25) is 4.79 Å². The highest BCUT2D eigenvalue weighted by atomic mass is 32.1. The summed E-state index contributed by atoms with van der Waals surface area (Å²) in [5.41, 5.74) is 7.90. The molecule has 0 spiro atoms. The van der Waals surface area contributed by atoms with Gasteiger partial charge in [0, 0.05) is 6.04 Å². The molecule has 1 aromatic rings. The molecule has 4 heteroatoms. The van der Waals surface area contributed by atoms with Crippen molar-refractivity contribution in [3.05, 3.63) is 35.4 Å². The van der Waals surface area contributed by atoms with E-state index in [0.29, 0.717) is 24.0 Å². The second kappa shape index (κ2) is 6.84. The summed E-state index contributed by atoms with van der Waals surface area (Å²) < 4.78 is 0. The Balaban J connectivity index is 2.05. The second-order valence-electron chi connectivity index (χ2n) is 5.59. The predicted octanol–water partition coefficient (Wildman–Crippen LogP) is 2.59. The fourth-order valence-corrected chi connectivity index (χ4v) is 2.93. The van der Waals surface area contributed by atoms with Crippen molar-refractivity contribution in [2.45, 2.75) is 45.1 Å². The van der Waals surface area contributed by atoms with E-state index in [1.54, 1.807) is 0 Å². The Bertz CT molecular complexity index is 478. The maximum absolute atomic E-state index is 12.5. The Kier molecular flexibility index (Phi) is 5.12. The minimum Gasteiger partial charge on any atom is -0.392 e. The van der Waals surface area contributed by atoms with Gasteiger partial charge in [0.05, 0.1) is 18.0 Å². The lowest BCUT2D eigenvalue weighted by Crippen LogP contribution is -2.44. The van der Waals surface area contributed by atoms with Crippen LogP contribution in [-0.2, 0) is 11.2 Å². The monoisotopic (exact) mass is 290 g/mol. The highest BCUT2D eigenvalue weighted by molar-refractivity contribution is 7.80. The maximum Gasteiger partial charge on any atom is 0.227 e. The van der Waals surface area contributed by atoms with E-state index in [4.69, 9.17) is 18.0 Å². The average Bonchev–Trinajstić information content (AvgIpc) is 2.92. The number of benzene rings is 1. The lowest BCUT2D eigenvalue weighted by molar-refractivity contribution is -0.131. The van der Waals surface area contributed by atoms with Crippen molar-refractivity contribution in [3.8, 4) is 0 Å². The van der Waals surface area contributed by atoms with Crippen LogP contribution in [0.5, 0.6) is 0 Å². The standard InChI is InChI=1S/C16H22N2OS/c1-12-6-8-13(9-7-12)10-16(19)18(11-15(17)20)14-4-2-3-5-14/h6-9,14H,2-5,10-11H2,1H3,(H2,17,20). The molecule has 0 bridgehead atoms. The van der Waals surface area contributed by atoms with Crippen LogP contribution in [0.2, 0.25) is 0 Å². The molecule has 1 aromatic carbocycles. The predicted molar refractivity (Wildman–Crippen MR) is 85.6 cm³/mol. The largest absolute Gasteiger partial charge is 0.392 e. The molecule has 0 unspecified atom stereocenters. The van der Waals surface area contributed by atoms with Crippen molar-refractivity contribution in [2.75, 3.05) is 6.54 Å². The van der Waals surface area contributed by atoms with Crippen molar-refractivity contribution in [3.63, 3.8) is 0 Å². The molecule has 1 amide bonds. The fraction of sp³-hybridized carbons (Fsp3) is 0.500. The molecule has 1 aliphatic carbocycles. The summed E-state index contributed by atoms with van der Waals surface area (Å²) in [6.07, 6.45) is 4.95. The normalized spacial score (nSPS) is 15.2. The topological polar surface area (TPSA) is 46.3 Å². The molecule has 2 rings (SSSR count). The minimum absolute atomic E-state index is 0.133. The molecule has 2 N–H and O–H groups in total. The van der Waals surface area contributed by atoms with Crippen molar-refractivity contribution in [2.24, 2.45) is 5.73 Å². The third-order valence-corrected chi connectivity index (χ3v) is 4.02. The molecule has 108 valence electrons. The van der Waals surface area contributed by atoms with Gasteiger partial charge in [0.15, 0.2) is 0 Å². The average molecular weight is 290 g/mol. The number of thiocarbonyl (C=S) groups is 1. The Morgan fingerprint density at radius 1 is 1.30 bits per heavy atom. The van der Waals surface area contributed by atoms with Crippen LogP contribution in [0.3, 0.4) is 0 Å². The summed E-state index contributed by atoms with van der Waals surface area (Å²) in [7, 11) is 0. The Labute approximate surface area is 126 Å². The number of nitrogens with two attached hydrogens (primary N) is 1. The molecule has 1 aliphatic rings. The van der Waals surface area contributed by atoms with Gasteiger partial charge in [0.2, 0.25) is 5.91 Å². The number of carbonyl (C=O) groups excluding carboxylic acids is 1. The van der Waals surface area contributed by atoms with Gasteiger partial charge in [-0.15, -0.1) is 0 Å². The molecule has 0 saturated heterocycles. The first-order valence-corrected chi connectivity index (χ1v) is 7.60. The Morgan fingerprint density at radius 3 is 2.45 bits per heavy atom. The fourth-order valence-electron chi connectivity index (χ4n) is 2.79. The van der Waals surface area contributed by atoms with E-state index in [-0.39, 0.29) is 5.91 Å². The van der Waals surface area contributed by atoms with Crippen LogP contribution in [0, 0.1) is 6.92 Å². The third-order valence-electron chi connectivity index (χ3n) is 3.89. The van der Waals surface area contributed by atoms with E-state index in [0.717, 1.165) is 18.4 Å². The van der Waals surface area contributed by atoms with Gasteiger partial charge < -0.3 is 10.6 Å². The first-order valence-electron chi connectivity index (χ1n) is 7.19. The summed E-state index contributed by atoms with van der Waals surface area (Å²) in [4.78, 5) is 14.8. The van der Waals surface area contributed by atoms with Gasteiger partial charge in [0.25, 0.3) is 0 Å². The van der Waals surface area contributed by atoms with Crippen LogP contribution >= 0.6 is 12.2 Å². The first-order chi connectivity index (χ1) is 9.56. The number of rotatable bonds is 5. The van der Waals surface area contributed by atoms with E-state index in [1.807, 2.05) is 36.1 Å². The number of nitrogens with zero attached hydrogens (tertiary/aromatic N) is 1. The van der Waals surface area contributed by atoms with Crippen molar-refractivity contribution >= 4 is 23.1 Å². The van der Waals surface area contributed by atoms with Crippen molar-refractivity contribution in [1.82, 2.24) is 4.90 Å². The summed E-state index contributed by atoms with van der Waals surface area (Å²) in [5.74, 6) is 0.133. The number of hydrogen-bond acceptors (Lipinski definition) is 2. The lowest BCUT2D eigenvalue weighted by atomic mass is 10.1. The summed E-state index contributed by atoms with van der Waals surface area (Å²) in [6, 6.07) is 8.42. The summed E-state index contributed by atoms with van der Waals surface area (Å²) >= 11 is 4.99. The van der Waals surface area contributed by atoms with Crippen LogP contribution in [0.25, 0.3) is 0 Å². The number of amides is 1. The van der Waals surface area contributed by atoms with Gasteiger partial charge >= 0.3 is 0 Å². The van der Waals surface area contributed by atoms with Gasteiger partial charge in [-0.1, -0.05) is 54.9 Å². The SMILES string of the molecule is Cc1ccc(CC(=O)N(CC(N)=S)C2CCCC2)cc1. The Hall–Kier alpha value is -1.42. The summed E-state index contributed by atoms with van der Waals surface area (Å²) in [5, 5.41) is 0. The zero-order valence-electron chi connectivity index (χ0n) is 12.0. The molecule has 1 saturated carbocycles. The molecule has 1 fully saturated rings. The van der Waals surface area contributed by atoms with Gasteiger partial charge in [-0.05, 0) is 25.3 Å². The zero-order valence-corrected chi connectivity index (χ0v) is 12.8. The van der Waals surface area contributed by atoms with E-state index in [2.05, 4.69) is 0 Å². The van der Waals surface area contributed by atoms with Crippen LogP contribution in [0.15, 0.2) is 24.3 Å². The van der Waals surface area contributed by atoms with Gasteiger partial charge in [-0.2, -0.15) is 0 Å². The number of hydrogen-bond donors (Lipinski definition) is 1. The van der Waals surface area contributed by atoms with Gasteiger partial charge in [-0.25, -0.2) is 0 Å². The van der Waals surface area contributed by atoms with Crippen molar-refractivity contribution < 1.29 is 4.79 Å². The van der Waals surface area contributed by atoms with E-state index in [9.17, 15) is 4.79 Å². The number of aryl methyl sites for hydroxylation is 1. The molecular formula is C16H22N2OS. The molecular weight excluding hydrogens is 268 g/mol. The zero-order chi connectivity index (χ0) is 14.5. The van der Waals surface area contributed by atoms with E-state index >= 15 is 0 Å². The highest BCUT2D eigenvalue weighted by Crippen LogP contribution is 2.24. The summed E-state index contributed by atoms with van der Waals surface area (Å²) in [6.45, 7) is 2.45. The smallest absolute Gasteiger partial charge is 0.227 e. The third kappa shape index (κ3) is 4.04. The van der Waals surface area contributed by atoms with E-state index < -0.39 is 0 Å². The highest BCUT2D eigenvalue weighted by Gasteiger charge is 2.26. The van der Waals surface area contributed by atoms with Crippen LogP contribution in [-0.4, -0.2) is 28.4 Å². The Morgan fingerprint density at radius 2 is 1.90 bits per heavy atom. The second-order valence-corrected chi connectivity index (χ2v) is 6.11. The van der Waals surface area contributed by atoms with Crippen LogP contribution < -0.4 is 5.73 Å². The molecule has 0 aromatic heterocycles.